The molecule has 0 amide bonds. The summed E-state index contributed by atoms with van der Waals surface area (Å²) in [6, 6.07) is 3.57. The van der Waals surface area contributed by atoms with Gasteiger partial charge in [-0.1, -0.05) is 0 Å². The second-order valence-electron chi connectivity index (χ2n) is 4.03. The van der Waals surface area contributed by atoms with Gasteiger partial charge in [-0.2, -0.15) is 13.2 Å². The van der Waals surface area contributed by atoms with Crippen LogP contribution in [-0.2, 0) is 12.7 Å². The SMILES string of the molecule is NCc1nc(-c2nc3cc(C(F)(F)F)ccc3s2)cs1. The largest absolute Gasteiger partial charge is 0.416 e. The molecule has 0 atom stereocenters. The first-order valence-corrected chi connectivity index (χ1v) is 7.29. The summed E-state index contributed by atoms with van der Waals surface area (Å²) in [6.07, 6.45) is -4.36. The number of benzene rings is 1. The van der Waals surface area contributed by atoms with Gasteiger partial charge in [-0.05, 0) is 18.2 Å². The van der Waals surface area contributed by atoms with Gasteiger partial charge < -0.3 is 5.73 Å². The molecule has 2 N–H and O–H groups in total. The molecule has 104 valence electrons. The van der Waals surface area contributed by atoms with Gasteiger partial charge in [-0.15, -0.1) is 22.7 Å². The van der Waals surface area contributed by atoms with Crippen molar-refractivity contribution in [2.24, 2.45) is 5.73 Å². The van der Waals surface area contributed by atoms with E-state index in [4.69, 9.17) is 5.73 Å². The van der Waals surface area contributed by atoms with E-state index in [0.717, 1.165) is 17.1 Å². The molecule has 3 rings (SSSR count). The van der Waals surface area contributed by atoms with Crippen molar-refractivity contribution in [3.05, 3.63) is 34.2 Å². The molecule has 2 aromatic heterocycles. The summed E-state index contributed by atoms with van der Waals surface area (Å²) in [7, 11) is 0. The van der Waals surface area contributed by atoms with E-state index in [9.17, 15) is 13.2 Å². The summed E-state index contributed by atoms with van der Waals surface area (Å²) >= 11 is 2.73. The topological polar surface area (TPSA) is 51.8 Å². The number of thiazole rings is 2. The number of fused-ring (bicyclic) bond motifs is 1. The number of aromatic nitrogens is 2. The maximum atomic E-state index is 12.6. The monoisotopic (exact) mass is 315 g/mol. The molecular formula is C12H8F3N3S2. The highest BCUT2D eigenvalue weighted by Crippen LogP contribution is 2.35. The van der Waals surface area contributed by atoms with E-state index in [1.165, 1.54) is 28.7 Å². The fourth-order valence-corrected chi connectivity index (χ4v) is 3.36. The third kappa shape index (κ3) is 2.41. The van der Waals surface area contributed by atoms with Crippen molar-refractivity contribution >= 4 is 32.9 Å². The number of nitrogens with zero attached hydrogens (tertiary/aromatic N) is 2. The molecule has 1 aromatic carbocycles. The van der Waals surface area contributed by atoms with E-state index >= 15 is 0 Å². The summed E-state index contributed by atoms with van der Waals surface area (Å²) in [4.78, 5) is 8.51. The van der Waals surface area contributed by atoms with Gasteiger partial charge >= 0.3 is 6.18 Å². The van der Waals surface area contributed by atoms with Crippen molar-refractivity contribution in [2.75, 3.05) is 0 Å². The van der Waals surface area contributed by atoms with Crippen LogP contribution in [-0.4, -0.2) is 9.97 Å². The lowest BCUT2D eigenvalue weighted by Gasteiger charge is -2.04. The third-order valence-electron chi connectivity index (χ3n) is 2.66. The van der Waals surface area contributed by atoms with Crippen molar-refractivity contribution in [1.29, 1.82) is 0 Å². The van der Waals surface area contributed by atoms with Crippen LogP contribution in [0.15, 0.2) is 23.6 Å². The van der Waals surface area contributed by atoms with Gasteiger partial charge in [0.15, 0.2) is 0 Å². The van der Waals surface area contributed by atoms with Crippen LogP contribution >= 0.6 is 22.7 Å². The number of alkyl halides is 3. The normalized spacial score (nSPS) is 12.2. The van der Waals surface area contributed by atoms with Crippen LogP contribution < -0.4 is 5.73 Å². The molecule has 0 unspecified atom stereocenters. The lowest BCUT2D eigenvalue weighted by molar-refractivity contribution is -0.137. The molecule has 0 aliphatic carbocycles. The summed E-state index contributed by atoms with van der Waals surface area (Å²) in [5, 5.41) is 3.19. The van der Waals surface area contributed by atoms with Crippen molar-refractivity contribution in [3.8, 4) is 10.7 Å². The lowest BCUT2D eigenvalue weighted by atomic mass is 10.2. The second kappa shape index (κ2) is 4.80. The Kier molecular flexibility index (Phi) is 3.23. The molecule has 0 bridgehead atoms. The number of rotatable bonds is 2. The van der Waals surface area contributed by atoms with E-state index in [2.05, 4.69) is 9.97 Å². The molecule has 2 heterocycles. The molecule has 0 saturated carbocycles. The van der Waals surface area contributed by atoms with E-state index in [1.807, 2.05) is 5.38 Å². The predicted octanol–water partition coefficient (Wildman–Crippen LogP) is 3.90. The molecule has 0 fully saturated rings. The summed E-state index contributed by atoms with van der Waals surface area (Å²) in [5.41, 5.74) is 5.79. The van der Waals surface area contributed by atoms with Gasteiger partial charge in [-0.25, -0.2) is 9.97 Å². The van der Waals surface area contributed by atoms with Crippen LogP contribution in [0, 0.1) is 0 Å². The highest BCUT2D eigenvalue weighted by molar-refractivity contribution is 7.21. The van der Waals surface area contributed by atoms with E-state index in [-0.39, 0.29) is 0 Å². The second-order valence-corrected chi connectivity index (χ2v) is 6.00. The maximum absolute atomic E-state index is 12.6. The van der Waals surface area contributed by atoms with Gasteiger partial charge in [0.2, 0.25) is 0 Å². The van der Waals surface area contributed by atoms with Gasteiger partial charge in [0.05, 0.1) is 15.8 Å². The summed E-state index contributed by atoms with van der Waals surface area (Å²) in [5.74, 6) is 0. The summed E-state index contributed by atoms with van der Waals surface area (Å²) in [6.45, 7) is 0.341. The molecule has 0 aliphatic heterocycles. The van der Waals surface area contributed by atoms with Crippen molar-refractivity contribution in [3.63, 3.8) is 0 Å². The average Bonchev–Trinajstić information content (AvgIpc) is 3.02. The van der Waals surface area contributed by atoms with E-state index < -0.39 is 11.7 Å². The van der Waals surface area contributed by atoms with Crippen LogP contribution in [0.25, 0.3) is 20.9 Å². The molecule has 0 aliphatic rings. The van der Waals surface area contributed by atoms with Crippen molar-refractivity contribution in [1.82, 2.24) is 9.97 Å². The van der Waals surface area contributed by atoms with Crippen LogP contribution in [0.5, 0.6) is 0 Å². The van der Waals surface area contributed by atoms with E-state index in [0.29, 0.717) is 27.5 Å². The smallest absolute Gasteiger partial charge is 0.325 e. The Hall–Kier alpha value is -1.51. The average molecular weight is 315 g/mol. The quantitative estimate of drug-likeness (QED) is 0.780. The molecule has 8 heteroatoms. The van der Waals surface area contributed by atoms with Crippen molar-refractivity contribution < 1.29 is 13.2 Å². The minimum Gasteiger partial charge on any atom is -0.325 e. The van der Waals surface area contributed by atoms with Crippen molar-refractivity contribution in [2.45, 2.75) is 12.7 Å². The van der Waals surface area contributed by atoms with Crippen LogP contribution in [0.1, 0.15) is 10.6 Å². The number of nitrogens with two attached hydrogens (primary N) is 1. The Balaban J connectivity index is 2.06. The first kappa shape index (κ1) is 13.5. The number of hydrogen-bond donors (Lipinski definition) is 1. The number of hydrogen-bond acceptors (Lipinski definition) is 5. The Bertz CT molecular complexity index is 761. The molecule has 0 radical (unpaired) electrons. The molecule has 0 saturated heterocycles. The zero-order valence-corrected chi connectivity index (χ0v) is 11.6. The zero-order chi connectivity index (χ0) is 14.3. The Morgan fingerprint density at radius 3 is 2.65 bits per heavy atom. The highest BCUT2D eigenvalue weighted by atomic mass is 32.1. The van der Waals surface area contributed by atoms with Gasteiger partial charge in [0.1, 0.15) is 15.7 Å². The minimum atomic E-state index is -4.36. The molecule has 3 aromatic rings. The maximum Gasteiger partial charge on any atom is 0.416 e. The van der Waals surface area contributed by atoms with Crippen LogP contribution in [0.4, 0.5) is 13.2 Å². The van der Waals surface area contributed by atoms with Crippen LogP contribution in [0.3, 0.4) is 0 Å². The van der Waals surface area contributed by atoms with Gasteiger partial charge in [0.25, 0.3) is 0 Å². The minimum absolute atomic E-state index is 0.335. The standard InChI is InChI=1S/C12H8F3N3S2/c13-12(14,15)6-1-2-9-7(3-6)18-11(20-9)8-5-19-10(4-16)17-8/h1-3,5H,4,16H2. The Labute approximate surface area is 119 Å². The predicted molar refractivity (Wildman–Crippen MR) is 73.6 cm³/mol. The third-order valence-corrected chi connectivity index (χ3v) is 4.59. The first-order chi connectivity index (χ1) is 9.47. The summed E-state index contributed by atoms with van der Waals surface area (Å²) < 4.78 is 38.6. The highest BCUT2D eigenvalue weighted by Gasteiger charge is 2.30. The number of halogens is 3. The molecule has 3 nitrogen and oxygen atoms in total. The molecule has 0 spiro atoms. The Morgan fingerprint density at radius 1 is 1.20 bits per heavy atom. The fraction of sp³-hybridized carbons (Fsp3) is 0.167. The first-order valence-electron chi connectivity index (χ1n) is 5.60. The molecular weight excluding hydrogens is 307 g/mol. The van der Waals surface area contributed by atoms with Crippen LogP contribution in [0.2, 0.25) is 0 Å². The fourth-order valence-electron chi connectivity index (χ4n) is 1.72. The molecule has 20 heavy (non-hydrogen) atoms. The zero-order valence-electron chi connectivity index (χ0n) is 9.94. The van der Waals surface area contributed by atoms with Gasteiger partial charge in [-0.3, -0.25) is 0 Å². The lowest BCUT2D eigenvalue weighted by Crippen LogP contribution is -2.03. The Morgan fingerprint density at radius 2 is 2.00 bits per heavy atom. The van der Waals surface area contributed by atoms with Gasteiger partial charge in [0, 0.05) is 11.9 Å². The van der Waals surface area contributed by atoms with E-state index in [1.54, 1.807) is 0 Å².